The Morgan fingerprint density at radius 1 is 1.20 bits per heavy atom. The molecule has 0 heterocycles. The summed E-state index contributed by atoms with van der Waals surface area (Å²) in [7, 11) is 0. The number of hydrogen-bond donors (Lipinski definition) is 5. The predicted octanol–water partition coefficient (Wildman–Crippen LogP) is -0.440. The first kappa shape index (κ1) is 19.7. The van der Waals surface area contributed by atoms with Crippen LogP contribution in [0.5, 0.6) is 0 Å². The van der Waals surface area contributed by atoms with E-state index < -0.39 is 53.4 Å². The third kappa shape index (κ3) is 5.63. The summed E-state index contributed by atoms with van der Waals surface area (Å²) in [5.41, 5.74) is 4.00. The smallest absolute Gasteiger partial charge is 0.409 e. The molecule has 136 valence electrons. The van der Waals surface area contributed by atoms with Crippen LogP contribution in [-0.2, 0) is 19.1 Å². The summed E-state index contributed by atoms with van der Waals surface area (Å²) in [6.45, 7) is 0. The predicted molar refractivity (Wildman–Crippen MR) is 79.3 cm³/mol. The maximum Gasteiger partial charge on any atom is 0.409 e. The number of nitrogens with two attached hydrogens (primary N) is 1. The number of ether oxygens (including phenoxy) is 1. The van der Waals surface area contributed by atoms with E-state index in [0.717, 1.165) is 12.1 Å². The normalized spacial score (nSPS) is 12.6. The van der Waals surface area contributed by atoms with Crippen LogP contribution in [0.25, 0.3) is 0 Å². The number of rotatable bonds is 8. The molecule has 0 aliphatic rings. The molecule has 0 aliphatic carbocycles. The number of aliphatic carboxylic acids is 2. The quantitative estimate of drug-likeness (QED) is 0.380. The van der Waals surface area contributed by atoms with E-state index in [2.05, 4.69) is 4.74 Å². The number of carboxylic acids is 2. The summed E-state index contributed by atoms with van der Waals surface area (Å²) in [4.78, 5) is 44.8. The molecule has 25 heavy (non-hydrogen) atoms. The Hall–Kier alpha value is -3.38. The van der Waals surface area contributed by atoms with E-state index in [9.17, 15) is 29.5 Å². The highest BCUT2D eigenvalue weighted by atomic mass is 16.8. The summed E-state index contributed by atoms with van der Waals surface area (Å²) >= 11 is 0. The minimum absolute atomic E-state index is 0.357. The van der Waals surface area contributed by atoms with Gasteiger partial charge in [-0.05, 0) is 6.07 Å². The summed E-state index contributed by atoms with van der Waals surface area (Å²) in [5.74, 6) is -4.30. The van der Waals surface area contributed by atoms with Crippen LogP contribution in [0.3, 0.4) is 0 Å². The highest BCUT2D eigenvalue weighted by molar-refractivity contribution is 5.87. The average Bonchev–Trinajstić information content (AvgIpc) is 2.51. The lowest BCUT2D eigenvalue weighted by Crippen LogP contribution is -2.44. The van der Waals surface area contributed by atoms with Crippen LogP contribution in [0.15, 0.2) is 24.3 Å². The molecular weight excluding hydrogens is 342 g/mol. The number of nitrogens with zero attached hydrogens (tertiary/aromatic N) is 1. The zero-order chi connectivity index (χ0) is 19.1. The van der Waals surface area contributed by atoms with Gasteiger partial charge in [0.25, 0.3) is 0 Å². The fourth-order valence-corrected chi connectivity index (χ4v) is 1.81. The monoisotopic (exact) mass is 356 g/mol. The van der Waals surface area contributed by atoms with E-state index in [1.807, 2.05) is 0 Å². The molecule has 0 saturated heterocycles. The summed E-state index contributed by atoms with van der Waals surface area (Å²) in [5, 5.41) is 39.3. The Balaban J connectivity index is 2.99. The first-order valence-electron chi connectivity index (χ1n) is 6.59. The highest BCUT2D eigenvalue weighted by Gasteiger charge is 2.30. The molecule has 2 atom stereocenters. The first-order chi connectivity index (χ1) is 11.6. The Labute approximate surface area is 139 Å². The van der Waals surface area contributed by atoms with E-state index in [-0.39, 0.29) is 5.56 Å². The molecule has 1 rings (SSSR count). The molecule has 12 heteroatoms. The third-order valence-corrected chi connectivity index (χ3v) is 2.87. The van der Waals surface area contributed by atoms with Crippen LogP contribution >= 0.6 is 0 Å². The maximum atomic E-state index is 11.7. The van der Waals surface area contributed by atoms with E-state index >= 15 is 0 Å². The number of para-hydroxylation sites is 1. The maximum absolute atomic E-state index is 11.7. The van der Waals surface area contributed by atoms with Crippen molar-refractivity contribution in [3.05, 3.63) is 35.0 Å². The van der Waals surface area contributed by atoms with E-state index in [0.29, 0.717) is 0 Å². The molecule has 0 fully saturated rings. The summed E-state index contributed by atoms with van der Waals surface area (Å²) in [6, 6.07) is 3.11. The molecule has 0 aromatic heterocycles. The number of anilines is 1. The lowest BCUT2D eigenvalue weighted by atomic mass is 10.1. The van der Waals surface area contributed by atoms with Crippen LogP contribution in [0.1, 0.15) is 18.1 Å². The standard InChI is InChI=1S/C13H14N3O9/c14-9(17)5-7(11(18)19)15-13(22)25-10(12(20)21)6-3-1-2-4-8(6)16(23)24/h1-4,7,10,23H,5H2,(H2,14,17)(H,15,22)(H,18,19)(H,20,21)/q-1/t7-,10?/m0/s1. The van der Waals surface area contributed by atoms with Crippen LogP contribution in [0, 0.1) is 5.21 Å². The molecule has 1 aromatic carbocycles. The number of carbonyl (C=O) groups excluding carboxylic acids is 2. The number of carboxylic acid groups (broad SMARTS) is 2. The van der Waals surface area contributed by atoms with Crippen molar-refractivity contribution < 1.29 is 39.3 Å². The molecule has 1 unspecified atom stereocenters. The highest BCUT2D eigenvalue weighted by Crippen LogP contribution is 2.28. The van der Waals surface area contributed by atoms with Gasteiger partial charge in [-0.15, -0.1) is 0 Å². The average molecular weight is 356 g/mol. The number of hydrogen-bond acceptors (Lipinski definition) is 8. The van der Waals surface area contributed by atoms with E-state index in [4.69, 9.17) is 16.0 Å². The molecule has 0 spiro atoms. The topological polar surface area (TPSA) is 203 Å². The molecule has 1 aromatic rings. The number of amides is 2. The zero-order valence-electron chi connectivity index (χ0n) is 12.5. The molecule has 12 nitrogen and oxygen atoms in total. The Kier molecular flexibility index (Phi) is 6.66. The van der Waals surface area contributed by atoms with E-state index in [1.54, 1.807) is 5.32 Å². The Morgan fingerprint density at radius 3 is 2.28 bits per heavy atom. The van der Waals surface area contributed by atoms with Crippen molar-refractivity contribution in [2.45, 2.75) is 18.6 Å². The molecule has 6 N–H and O–H groups in total. The van der Waals surface area contributed by atoms with Gasteiger partial charge in [0.1, 0.15) is 6.04 Å². The Morgan fingerprint density at radius 2 is 1.80 bits per heavy atom. The van der Waals surface area contributed by atoms with Crippen molar-refractivity contribution in [1.82, 2.24) is 5.32 Å². The summed E-state index contributed by atoms with van der Waals surface area (Å²) in [6.07, 6.45) is -4.25. The van der Waals surface area contributed by atoms with Crippen LogP contribution in [0.2, 0.25) is 0 Å². The van der Waals surface area contributed by atoms with Crippen molar-refractivity contribution in [1.29, 1.82) is 0 Å². The van der Waals surface area contributed by atoms with Crippen molar-refractivity contribution in [3.8, 4) is 0 Å². The zero-order valence-corrected chi connectivity index (χ0v) is 12.5. The summed E-state index contributed by atoms with van der Waals surface area (Å²) < 4.78 is 4.61. The van der Waals surface area contributed by atoms with Gasteiger partial charge in [0, 0.05) is 5.56 Å². The number of alkyl carbamates (subject to hydrolysis) is 1. The SMILES string of the molecule is NC(=O)C[C@H](NC(=O)OC(C(=O)O)c1ccccc1N([O-])O)C(=O)O. The molecular formula is C13H14N3O9-. The molecule has 2 amide bonds. The molecule has 0 bridgehead atoms. The molecule has 0 saturated carbocycles. The van der Waals surface area contributed by atoms with Gasteiger partial charge in [0.2, 0.25) is 12.0 Å². The van der Waals surface area contributed by atoms with Crippen molar-refractivity contribution in [2.24, 2.45) is 5.73 Å². The van der Waals surface area contributed by atoms with Crippen LogP contribution < -0.4 is 16.3 Å². The Bertz CT molecular complexity index is 676. The van der Waals surface area contributed by atoms with Gasteiger partial charge in [0.15, 0.2) is 0 Å². The van der Waals surface area contributed by atoms with Crippen molar-refractivity contribution >= 4 is 29.6 Å². The minimum atomic E-state index is -2.03. The molecule has 0 aliphatic heterocycles. The lowest BCUT2D eigenvalue weighted by molar-refractivity contribution is -0.147. The largest absolute Gasteiger partial charge is 0.733 e. The van der Waals surface area contributed by atoms with Gasteiger partial charge in [0.05, 0.1) is 12.1 Å². The van der Waals surface area contributed by atoms with Gasteiger partial charge in [-0.25, -0.2) is 14.4 Å². The van der Waals surface area contributed by atoms with Crippen molar-refractivity contribution in [2.75, 3.05) is 5.23 Å². The number of benzene rings is 1. The van der Waals surface area contributed by atoms with Gasteiger partial charge in [-0.3, -0.25) is 10.0 Å². The fourth-order valence-electron chi connectivity index (χ4n) is 1.81. The van der Waals surface area contributed by atoms with Crippen LogP contribution in [-0.4, -0.2) is 45.4 Å². The first-order valence-corrected chi connectivity index (χ1v) is 6.59. The second-order valence-corrected chi connectivity index (χ2v) is 4.66. The van der Waals surface area contributed by atoms with Crippen molar-refractivity contribution in [3.63, 3.8) is 0 Å². The number of carbonyl (C=O) groups is 4. The van der Waals surface area contributed by atoms with Gasteiger partial charge < -0.3 is 36.4 Å². The van der Waals surface area contributed by atoms with Gasteiger partial charge in [-0.2, -0.15) is 0 Å². The second kappa shape index (κ2) is 8.47. The number of primary amides is 1. The van der Waals surface area contributed by atoms with Gasteiger partial charge in [-0.1, -0.05) is 18.2 Å². The fraction of sp³-hybridized carbons (Fsp3) is 0.231. The third-order valence-electron chi connectivity index (χ3n) is 2.87. The minimum Gasteiger partial charge on any atom is -0.733 e. The lowest BCUT2D eigenvalue weighted by Gasteiger charge is -2.26. The van der Waals surface area contributed by atoms with E-state index in [1.165, 1.54) is 12.1 Å². The molecule has 0 radical (unpaired) electrons. The second-order valence-electron chi connectivity index (χ2n) is 4.66. The van der Waals surface area contributed by atoms with Gasteiger partial charge >= 0.3 is 18.0 Å². The van der Waals surface area contributed by atoms with Crippen LogP contribution in [0.4, 0.5) is 10.5 Å². The number of nitrogens with one attached hydrogen (secondary N) is 1.